The van der Waals surface area contributed by atoms with Crippen LogP contribution in [0.5, 0.6) is 0 Å². The third-order valence-corrected chi connectivity index (χ3v) is 4.09. The van der Waals surface area contributed by atoms with Gasteiger partial charge in [0.25, 0.3) is 0 Å². The highest BCUT2D eigenvalue weighted by atomic mass is 16.7. The number of hydrogen-bond acceptors (Lipinski definition) is 3. The summed E-state index contributed by atoms with van der Waals surface area (Å²) in [7, 11) is 0. The fourth-order valence-electron chi connectivity index (χ4n) is 3.66. The van der Waals surface area contributed by atoms with Crippen LogP contribution in [0.3, 0.4) is 0 Å². The second kappa shape index (κ2) is 5.10. The van der Waals surface area contributed by atoms with E-state index >= 15 is 0 Å². The Morgan fingerprint density at radius 3 is 2.44 bits per heavy atom. The van der Waals surface area contributed by atoms with E-state index in [0.29, 0.717) is 18.1 Å². The summed E-state index contributed by atoms with van der Waals surface area (Å²) in [5.74, 6) is 0.425. The third-order valence-electron chi connectivity index (χ3n) is 4.09. The van der Waals surface area contributed by atoms with Crippen molar-refractivity contribution in [2.75, 3.05) is 13.2 Å². The molecule has 3 unspecified atom stereocenters. The van der Waals surface area contributed by atoms with Gasteiger partial charge < -0.3 is 14.8 Å². The van der Waals surface area contributed by atoms with Crippen LogP contribution in [0.25, 0.3) is 0 Å². The van der Waals surface area contributed by atoms with Crippen LogP contribution in [0.1, 0.15) is 53.9 Å². The second-order valence-electron chi connectivity index (χ2n) is 7.47. The molecule has 1 heterocycles. The summed E-state index contributed by atoms with van der Waals surface area (Å²) in [6.07, 6.45) is 4.12. The molecule has 2 rings (SSSR count). The summed E-state index contributed by atoms with van der Waals surface area (Å²) in [5, 5.41) is 3.68. The molecule has 1 saturated carbocycles. The standard InChI is InChI=1S/C15H29NO2/c1-11-6-12(8-14(2,3)7-11)16-9-13-10-17-15(4,5)18-13/h11-13,16H,6-10H2,1-5H3. The molecule has 0 aromatic heterocycles. The summed E-state index contributed by atoms with van der Waals surface area (Å²) < 4.78 is 11.4. The Morgan fingerprint density at radius 2 is 1.89 bits per heavy atom. The van der Waals surface area contributed by atoms with Crippen LogP contribution in [0.15, 0.2) is 0 Å². The lowest BCUT2D eigenvalue weighted by molar-refractivity contribution is -0.138. The number of rotatable bonds is 3. The van der Waals surface area contributed by atoms with E-state index < -0.39 is 5.79 Å². The predicted molar refractivity (Wildman–Crippen MR) is 73.5 cm³/mol. The fraction of sp³-hybridized carbons (Fsp3) is 1.00. The largest absolute Gasteiger partial charge is 0.348 e. The number of ether oxygens (including phenoxy) is 2. The molecule has 0 aromatic carbocycles. The van der Waals surface area contributed by atoms with Gasteiger partial charge in [0.05, 0.1) is 12.7 Å². The van der Waals surface area contributed by atoms with E-state index in [0.717, 1.165) is 12.5 Å². The Kier molecular flexibility index (Phi) is 4.05. The quantitative estimate of drug-likeness (QED) is 0.841. The van der Waals surface area contributed by atoms with E-state index in [1.165, 1.54) is 19.3 Å². The van der Waals surface area contributed by atoms with Crippen LogP contribution in [-0.4, -0.2) is 31.1 Å². The number of hydrogen-bond donors (Lipinski definition) is 1. The van der Waals surface area contributed by atoms with Gasteiger partial charge in [0.15, 0.2) is 5.79 Å². The van der Waals surface area contributed by atoms with E-state index in [9.17, 15) is 0 Å². The average Bonchev–Trinajstić information content (AvgIpc) is 2.52. The van der Waals surface area contributed by atoms with Crippen molar-refractivity contribution >= 4 is 0 Å². The molecular formula is C15H29NO2. The van der Waals surface area contributed by atoms with E-state index in [-0.39, 0.29) is 6.10 Å². The highest BCUT2D eigenvalue weighted by Gasteiger charge is 2.35. The summed E-state index contributed by atoms with van der Waals surface area (Å²) in [4.78, 5) is 0. The van der Waals surface area contributed by atoms with Gasteiger partial charge in [-0.1, -0.05) is 20.8 Å². The van der Waals surface area contributed by atoms with E-state index in [2.05, 4.69) is 26.1 Å². The summed E-state index contributed by atoms with van der Waals surface area (Å²) in [6, 6.07) is 0.635. The van der Waals surface area contributed by atoms with Gasteiger partial charge in [-0.15, -0.1) is 0 Å². The maximum absolute atomic E-state index is 5.83. The lowest BCUT2D eigenvalue weighted by Crippen LogP contribution is -2.43. The van der Waals surface area contributed by atoms with E-state index in [4.69, 9.17) is 9.47 Å². The summed E-state index contributed by atoms with van der Waals surface area (Å²) in [6.45, 7) is 12.7. The van der Waals surface area contributed by atoms with Crippen molar-refractivity contribution in [1.82, 2.24) is 5.32 Å². The normalized spacial score (nSPS) is 38.8. The van der Waals surface area contributed by atoms with Gasteiger partial charge in [-0.25, -0.2) is 0 Å². The van der Waals surface area contributed by atoms with Crippen molar-refractivity contribution in [2.45, 2.75) is 71.8 Å². The van der Waals surface area contributed by atoms with Crippen LogP contribution < -0.4 is 5.32 Å². The van der Waals surface area contributed by atoms with Gasteiger partial charge in [-0.3, -0.25) is 0 Å². The SMILES string of the molecule is CC1CC(NCC2COC(C)(C)O2)CC(C)(C)C1. The minimum atomic E-state index is -0.397. The van der Waals surface area contributed by atoms with Crippen molar-refractivity contribution < 1.29 is 9.47 Å². The first-order chi connectivity index (χ1) is 8.26. The maximum atomic E-state index is 5.83. The smallest absolute Gasteiger partial charge is 0.163 e. The Bertz CT molecular complexity index is 288. The summed E-state index contributed by atoms with van der Waals surface area (Å²) >= 11 is 0. The maximum Gasteiger partial charge on any atom is 0.163 e. The first-order valence-electron chi connectivity index (χ1n) is 7.31. The number of nitrogens with one attached hydrogen (secondary N) is 1. The van der Waals surface area contributed by atoms with Crippen LogP contribution in [0.2, 0.25) is 0 Å². The molecule has 3 atom stereocenters. The van der Waals surface area contributed by atoms with Crippen molar-refractivity contribution in [3.05, 3.63) is 0 Å². The molecule has 0 bridgehead atoms. The minimum absolute atomic E-state index is 0.209. The topological polar surface area (TPSA) is 30.5 Å². The van der Waals surface area contributed by atoms with Crippen molar-refractivity contribution in [2.24, 2.45) is 11.3 Å². The lowest BCUT2D eigenvalue weighted by Gasteiger charge is -2.39. The molecule has 0 amide bonds. The molecule has 0 aromatic rings. The molecule has 2 fully saturated rings. The molecule has 0 radical (unpaired) electrons. The average molecular weight is 255 g/mol. The minimum Gasteiger partial charge on any atom is -0.348 e. The highest BCUT2D eigenvalue weighted by molar-refractivity contribution is 4.87. The molecule has 1 N–H and O–H groups in total. The molecular weight excluding hydrogens is 226 g/mol. The Hall–Kier alpha value is -0.120. The molecule has 3 nitrogen and oxygen atoms in total. The van der Waals surface area contributed by atoms with Crippen molar-refractivity contribution in [3.63, 3.8) is 0 Å². The summed E-state index contributed by atoms with van der Waals surface area (Å²) in [5.41, 5.74) is 0.474. The van der Waals surface area contributed by atoms with Crippen molar-refractivity contribution in [3.8, 4) is 0 Å². The highest BCUT2D eigenvalue weighted by Crippen LogP contribution is 2.38. The monoisotopic (exact) mass is 255 g/mol. The zero-order valence-corrected chi connectivity index (χ0v) is 12.6. The van der Waals surface area contributed by atoms with Gasteiger partial charge in [0.1, 0.15) is 0 Å². The Labute approximate surface area is 112 Å². The molecule has 3 heteroatoms. The zero-order chi connectivity index (χ0) is 13.4. The van der Waals surface area contributed by atoms with E-state index in [1.807, 2.05) is 13.8 Å². The van der Waals surface area contributed by atoms with Crippen LogP contribution in [0, 0.1) is 11.3 Å². The molecule has 1 aliphatic heterocycles. The molecule has 0 spiro atoms. The van der Waals surface area contributed by atoms with Crippen LogP contribution in [0.4, 0.5) is 0 Å². The predicted octanol–water partition coefficient (Wildman–Crippen LogP) is 2.94. The molecule has 2 aliphatic rings. The first kappa shape index (κ1) is 14.3. The Morgan fingerprint density at radius 1 is 1.17 bits per heavy atom. The first-order valence-corrected chi connectivity index (χ1v) is 7.31. The van der Waals surface area contributed by atoms with Gasteiger partial charge in [-0.05, 0) is 44.4 Å². The van der Waals surface area contributed by atoms with Crippen molar-refractivity contribution in [1.29, 1.82) is 0 Å². The lowest BCUT2D eigenvalue weighted by atomic mass is 9.70. The van der Waals surface area contributed by atoms with Gasteiger partial charge in [0, 0.05) is 12.6 Å². The van der Waals surface area contributed by atoms with Crippen LogP contribution >= 0.6 is 0 Å². The van der Waals surface area contributed by atoms with Gasteiger partial charge in [-0.2, -0.15) is 0 Å². The molecule has 1 saturated heterocycles. The Balaban J connectivity index is 1.77. The third kappa shape index (κ3) is 3.94. The van der Waals surface area contributed by atoms with Crippen LogP contribution in [-0.2, 0) is 9.47 Å². The molecule has 1 aliphatic carbocycles. The molecule has 106 valence electrons. The second-order valence-corrected chi connectivity index (χ2v) is 7.47. The van der Waals surface area contributed by atoms with Gasteiger partial charge in [0.2, 0.25) is 0 Å². The van der Waals surface area contributed by atoms with Gasteiger partial charge >= 0.3 is 0 Å². The zero-order valence-electron chi connectivity index (χ0n) is 12.6. The molecule has 18 heavy (non-hydrogen) atoms. The fourth-order valence-corrected chi connectivity index (χ4v) is 3.66. The van der Waals surface area contributed by atoms with E-state index in [1.54, 1.807) is 0 Å².